The minimum absolute atomic E-state index is 0.0116. The summed E-state index contributed by atoms with van der Waals surface area (Å²) in [6.45, 7) is 0.625. The molecule has 0 aliphatic rings. The van der Waals surface area contributed by atoms with E-state index in [0.29, 0.717) is 6.54 Å². The third kappa shape index (κ3) is 2.94. The van der Waals surface area contributed by atoms with Crippen molar-refractivity contribution in [3.05, 3.63) is 71.7 Å². The van der Waals surface area contributed by atoms with Gasteiger partial charge in [-0.05, 0) is 40.8 Å². The molecule has 0 aliphatic heterocycles. The Hall–Kier alpha value is -2.62. The molecule has 0 atom stereocenters. The van der Waals surface area contributed by atoms with Gasteiger partial charge in [-0.3, -0.25) is 4.79 Å². The molecule has 106 valence electrons. The molecular weight excluding hydrogens is 269 g/mol. The molecule has 1 aromatic heterocycles. The molecule has 3 rings (SSSR count). The van der Waals surface area contributed by atoms with Crippen LogP contribution in [0.15, 0.2) is 54.7 Å². The van der Waals surface area contributed by atoms with Crippen LogP contribution in [0.25, 0.3) is 10.9 Å². The zero-order chi connectivity index (χ0) is 14.8. The standard InChI is InChI=1S/C17H14FNO2/c18-15-5-2-12(3-6-15)11-19-8-7-14-4-1-13(9-16(14)19)10-17(20)21/h1-9H,10-11H2,(H,20,21). The number of carboxylic acids is 1. The maximum Gasteiger partial charge on any atom is 0.307 e. The van der Waals surface area contributed by atoms with Gasteiger partial charge in [0.25, 0.3) is 0 Å². The Bertz CT molecular complexity index is 790. The lowest BCUT2D eigenvalue weighted by Crippen LogP contribution is -2.01. The van der Waals surface area contributed by atoms with Crippen LogP contribution < -0.4 is 0 Å². The van der Waals surface area contributed by atoms with Crippen LogP contribution in [0.2, 0.25) is 0 Å². The summed E-state index contributed by atoms with van der Waals surface area (Å²) in [6, 6.07) is 14.0. The van der Waals surface area contributed by atoms with E-state index in [1.54, 1.807) is 12.1 Å². The van der Waals surface area contributed by atoms with Crippen molar-refractivity contribution in [2.24, 2.45) is 0 Å². The van der Waals surface area contributed by atoms with E-state index in [4.69, 9.17) is 5.11 Å². The van der Waals surface area contributed by atoms with Crippen molar-refractivity contribution < 1.29 is 14.3 Å². The molecule has 4 heteroatoms. The van der Waals surface area contributed by atoms with Crippen LogP contribution in [-0.4, -0.2) is 15.6 Å². The third-order valence-corrected chi connectivity index (χ3v) is 3.46. The molecule has 3 nitrogen and oxygen atoms in total. The van der Waals surface area contributed by atoms with E-state index in [2.05, 4.69) is 0 Å². The monoisotopic (exact) mass is 283 g/mol. The lowest BCUT2D eigenvalue weighted by atomic mass is 10.1. The van der Waals surface area contributed by atoms with Gasteiger partial charge in [0.1, 0.15) is 5.82 Å². The van der Waals surface area contributed by atoms with Crippen LogP contribution in [-0.2, 0) is 17.8 Å². The van der Waals surface area contributed by atoms with E-state index in [1.165, 1.54) is 12.1 Å². The number of benzene rings is 2. The molecule has 0 amide bonds. The summed E-state index contributed by atoms with van der Waals surface area (Å²) in [5, 5.41) is 9.94. The highest BCUT2D eigenvalue weighted by molar-refractivity contribution is 5.82. The molecule has 0 radical (unpaired) electrons. The number of carbonyl (C=O) groups is 1. The molecule has 0 saturated heterocycles. The fraction of sp³-hybridized carbons (Fsp3) is 0.118. The summed E-state index contributed by atoms with van der Waals surface area (Å²) < 4.78 is 15.0. The van der Waals surface area contributed by atoms with Crippen molar-refractivity contribution in [2.45, 2.75) is 13.0 Å². The molecule has 2 aromatic carbocycles. The second kappa shape index (κ2) is 5.40. The molecule has 0 unspecified atom stereocenters. The topological polar surface area (TPSA) is 42.2 Å². The normalized spacial score (nSPS) is 10.9. The van der Waals surface area contributed by atoms with E-state index in [0.717, 1.165) is 22.0 Å². The number of fused-ring (bicyclic) bond motifs is 1. The third-order valence-electron chi connectivity index (χ3n) is 3.46. The zero-order valence-corrected chi connectivity index (χ0v) is 11.3. The van der Waals surface area contributed by atoms with E-state index in [1.807, 2.05) is 35.0 Å². The molecule has 1 N–H and O–H groups in total. The number of hydrogen-bond acceptors (Lipinski definition) is 1. The molecule has 0 saturated carbocycles. The predicted molar refractivity (Wildman–Crippen MR) is 78.8 cm³/mol. The quantitative estimate of drug-likeness (QED) is 0.796. The minimum Gasteiger partial charge on any atom is -0.481 e. The largest absolute Gasteiger partial charge is 0.481 e. The predicted octanol–water partition coefficient (Wildman–Crippen LogP) is 3.46. The Morgan fingerprint density at radius 3 is 2.48 bits per heavy atom. The Labute approximate surface area is 121 Å². The maximum absolute atomic E-state index is 12.9. The van der Waals surface area contributed by atoms with Crippen LogP contribution >= 0.6 is 0 Å². The average Bonchev–Trinajstić information content (AvgIpc) is 2.83. The van der Waals surface area contributed by atoms with Gasteiger partial charge < -0.3 is 9.67 Å². The summed E-state index contributed by atoms with van der Waals surface area (Å²) in [5.41, 5.74) is 2.75. The first-order chi connectivity index (χ1) is 10.1. The number of hydrogen-bond donors (Lipinski definition) is 1. The highest BCUT2D eigenvalue weighted by Gasteiger charge is 2.06. The highest BCUT2D eigenvalue weighted by atomic mass is 19.1. The Morgan fingerprint density at radius 2 is 1.76 bits per heavy atom. The van der Waals surface area contributed by atoms with Crippen LogP contribution in [0.5, 0.6) is 0 Å². The molecule has 1 heterocycles. The van der Waals surface area contributed by atoms with Gasteiger partial charge in [0.15, 0.2) is 0 Å². The van der Waals surface area contributed by atoms with Gasteiger partial charge in [0.2, 0.25) is 0 Å². The summed E-state index contributed by atoms with van der Waals surface area (Å²) in [5.74, 6) is -1.09. The van der Waals surface area contributed by atoms with Crippen LogP contribution in [0, 0.1) is 5.82 Å². The van der Waals surface area contributed by atoms with E-state index >= 15 is 0 Å². The van der Waals surface area contributed by atoms with Gasteiger partial charge in [0, 0.05) is 18.3 Å². The van der Waals surface area contributed by atoms with E-state index in [9.17, 15) is 9.18 Å². The first-order valence-corrected chi connectivity index (χ1v) is 6.66. The van der Waals surface area contributed by atoms with Crippen molar-refractivity contribution in [3.8, 4) is 0 Å². The molecule has 3 aromatic rings. The molecule has 0 fully saturated rings. The lowest BCUT2D eigenvalue weighted by Gasteiger charge is -2.07. The van der Waals surface area contributed by atoms with Crippen molar-refractivity contribution in [3.63, 3.8) is 0 Å². The van der Waals surface area contributed by atoms with Gasteiger partial charge in [0.05, 0.1) is 6.42 Å². The minimum atomic E-state index is -0.842. The first-order valence-electron chi connectivity index (χ1n) is 6.66. The van der Waals surface area contributed by atoms with Gasteiger partial charge >= 0.3 is 5.97 Å². The molecule has 0 aliphatic carbocycles. The van der Waals surface area contributed by atoms with E-state index < -0.39 is 5.97 Å². The highest BCUT2D eigenvalue weighted by Crippen LogP contribution is 2.19. The number of nitrogens with zero attached hydrogens (tertiary/aromatic N) is 1. The number of rotatable bonds is 4. The Morgan fingerprint density at radius 1 is 1.05 bits per heavy atom. The Kier molecular flexibility index (Phi) is 3.44. The maximum atomic E-state index is 12.9. The summed E-state index contributed by atoms with van der Waals surface area (Å²) in [7, 11) is 0. The fourth-order valence-electron chi connectivity index (χ4n) is 2.44. The lowest BCUT2D eigenvalue weighted by molar-refractivity contribution is -0.136. The first kappa shape index (κ1) is 13.4. The molecular formula is C17H14FNO2. The second-order valence-corrected chi connectivity index (χ2v) is 5.03. The van der Waals surface area contributed by atoms with Crippen molar-refractivity contribution in [1.29, 1.82) is 0 Å². The van der Waals surface area contributed by atoms with Gasteiger partial charge in [-0.25, -0.2) is 4.39 Å². The SMILES string of the molecule is O=C(O)Cc1ccc2ccn(Cc3ccc(F)cc3)c2c1. The van der Waals surface area contributed by atoms with Crippen molar-refractivity contribution in [1.82, 2.24) is 4.57 Å². The smallest absolute Gasteiger partial charge is 0.307 e. The van der Waals surface area contributed by atoms with Crippen molar-refractivity contribution in [2.75, 3.05) is 0 Å². The number of carboxylic acid groups (broad SMARTS) is 1. The number of halogens is 1. The molecule has 0 bridgehead atoms. The van der Waals surface area contributed by atoms with Crippen LogP contribution in [0.4, 0.5) is 4.39 Å². The Balaban J connectivity index is 1.94. The van der Waals surface area contributed by atoms with Gasteiger partial charge in [-0.1, -0.05) is 24.3 Å². The van der Waals surface area contributed by atoms with Gasteiger partial charge in [-0.15, -0.1) is 0 Å². The molecule has 21 heavy (non-hydrogen) atoms. The van der Waals surface area contributed by atoms with Crippen molar-refractivity contribution >= 4 is 16.9 Å². The van der Waals surface area contributed by atoms with Crippen LogP contribution in [0.3, 0.4) is 0 Å². The second-order valence-electron chi connectivity index (χ2n) is 5.03. The number of aromatic nitrogens is 1. The summed E-state index contributed by atoms with van der Waals surface area (Å²) in [6.07, 6.45) is 1.97. The van der Waals surface area contributed by atoms with Crippen LogP contribution in [0.1, 0.15) is 11.1 Å². The fourth-order valence-corrected chi connectivity index (χ4v) is 2.44. The zero-order valence-electron chi connectivity index (χ0n) is 11.3. The average molecular weight is 283 g/mol. The van der Waals surface area contributed by atoms with E-state index in [-0.39, 0.29) is 12.2 Å². The summed E-state index contributed by atoms with van der Waals surface area (Å²) in [4.78, 5) is 10.8. The molecule has 0 spiro atoms. The van der Waals surface area contributed by atoms with Gasteiger partial charge in [-0.2, -0.15) is 0 Å². The summed E-state index contributed by atoms with van der Waals surface area (Å²) >= 11 is 0. The number of aliphatic carboxylic acids is 1.